The van der Waals surface area contributed by atoms with E-state index in [1.54, 1.807) is 0 Å². The first-order valence-corrected chi connectivity index (χ1v) is 20.1. The summed E-state index contributed by atoms with van der Waals surface area (Å²) in [4.78, 5) is 31.0. The molecule has 0 bridgehead atoms. The van der Waals surface area contributed by atoms with Gasteiger partial charge in [-0.25, -0.2) is 9.13 Å². The monoisotopic (exact) mass is 665 g/mol. The van der Waals surface area contributed by atoms with E-state index in [-0.39, 0.29) is 11.8 Å². The summed E-state index contributed by atoms with van der Waals surface area (Å²) in [6.45, 7) is 14.2. The van der Waals surface area contributed by atoms with E-state index in [0.717, 1.165) is 102 Å². The van der Waals surface area contributed by atoms with Crippen LogP contribution in [0.15, 0.2) is 49.1 Å². The van der Waals surface area contributed by atoms with Crippen LogP contribution in [0.25, 0.3) is 0 Å². The molecule has 0 aromatic carbocycles. The molecular formula is C42H72N4O2+2. The minimum Gasteiger partial charge on any atom is -0.339 e. The highest BCUT2D eigenvalue weighted by Crippen LogP contribution is 2.12. The Morgan fingerprint density at radius 3 is 1.06 bits per heavy atom. The number of pyridine rings is 2. The zero-order chi connectivity index (χ0) is 34.7. The van der Waals surface area contributed by atoms with E-state index in [1.165, 1.54) is 77.0 Å². The van der Waals surface area contributed by atoms with Gasteiger partial charge in [0, 0.05) is 63.3 Å². The number of unbranched alkanes of at least 4 members (excludes halogenated alkanes) is 15. The maximum Gasteiger partial charge on any atom is 0.254 e. The van der Waals surface area contributed by atoms with E-state index in [4.69, 9.17) is 0 Å². The first-order chi connectivity index (χ1) is 23.5. The molecule has 270 valence electrons. The smallest absolute Gasteiger partial charge is 0.254 e. The molecule has 0 aliphatic rings. The lowest BCUT2D eigenvalue weighted by atomic mass is 10.1. The molecule has 2 rings (SSSR count). The van der Waals surface area contributed by atoms with Gasteiger partial charge < -0.3 is 9.80 Å². The van der Waals surface area contributed by atoms with Gasteiger partial charge in [0.1, 0.15) is 13.1 Å². The van der Waals surface area contributed by atoms with Crippen LogP contribution in [0.2, 0.25) is 0 Å². The van der Waals surface area contributed by atoms with E-state index in [1.807, 2.05) is 24.3 Å². The number of aromatic nitrogens is 2. The third-order valence-corrected chi connectivity index (χ3v) is 9.56. The van der Waals surface area contributed by atoms with Crippen LogP contribution in [0.4, 0.5) is 0 Å². The lowest BCUT2D eigenvalue weighted by Crippen LogP contribution is -2.36. The van der Waals surface area contributed by atoms with Crippen LogP contribution in [0.3, 0.4) is 0 Å². The highest BCUT2D eigenvalue weighted by Gasteiger charge is 2.18. The van der Waals surface area contributed by atoms with Gasteiger partial charge in [-0.05, 0) is 38.5 Å². The average molecular weight is 665 g/mol. The van der Waals surface area contributed by atoms with Crippen molar-refractivity contribution >= 4 is 11.8 Å². The van der Waals surface area contributed by atoms with E-state index < -0.39 is 0 Å². The van der Waals surface area contributed by atoms with Gasteiger partial charge in [-0.3, -0.25) is 9.59 Å². The van der Waals surface area contributed by atoms with Crippen LogP contribution in [0, 0.1) is 0 Å². The van der Waals surface area contributed by atoms with Crippen LogP contribution in [0.1, 0.15) is 177 Å². The van der Waals surface area contributed by atoms with Crippen molar-refractivity contribution in [2.45, 2.75) is 169 Å². The summed E-state index contributed by atoms with van der Waals surface area (Å²) in [6.07, 6.45) is 32.2. The summed E-state index contributed by atoms with van der Waals surface area (Å²) in [6, 6.07) is 8.01. The first-order valence-electron chi connectivity index (χ1n) is 20.1. The predicted molar refractivity (Wildman–Crippen MR) is 200 cm³/mol. The van der Waals surface area contributed by atoms with E-state index in [9.17, 15) is 9.59 Å². The standard InChI is InChI=1S/C42H72N4O2/c1-5-9-13-15-17-21-29-43-35-25-39(26-36-43)41(47)45(31-11-7-3)33-23-19-20-24-34-46(32-12-8-4)42(48)40-27-37-44(38-28-40)30-22-18-16-14-10-6-2/h25-28,35-38H,5-24,29-34H2,1-4H3/q+2. The molecule has 0 atom stereocenters. The average Bonchev–Trinajstić information content (AvgIpc) is 3.11. The fraction of sp³-hybridized carbons (Fsp3) is 0.714. The second kappa shape index (κ2) is 27.1. The number of carbonyl (C=O) groups excluding carboxylic acids is 2. The van der Waals surface area contributed by atoms with Gasteiger partial charge in [-0.15, -0.1) is 0 Å². The maximum absolute atomic E-state index is 13.4. The molecule has 0 saturated heterocycles. The third kappa shape index (κ3) is 17.6. The second-order valence-corrected chi connectivity index (χ2v) is 13.9. The van der Waals surface area contributed by atoms with Crippen molar-refractivity contribution in [3.8, 4) is 0 Å². The molecule has 0 unspecified atom stereocenters. The normalized spacial score (nSPS) is 11.2. The Hall–Kier alpha value is -2.76. The molecule has 0 N–H and O–H groups in total. The number of aryl methyl sites for hydroxylation is 2. The summed E-state index contributed by atoms with van der Waals surface area (Å²) in [5.74, 6) is 0.310. The van der Waals surface area contributed by atoms with Crippen molar-refractivity contribution in [3.05, 3.63) is 60.2 Å². The number of hydrogen-bond acceptors (Lipinski definition) is 2. The maximum atomic E-state index is 13.4. The minimum absolute atomic E-state index is 0.155. The second-order valence-electron chi connectivity index (χ2n) is 13.9. The molecule has 2 aromatic heterocycles. The Morgan fingerprint density at radius 2 is 0.708 bits per heavy atom. The van der Waals surface area contributed by atoms with Crippen molar-refractivity contribution in [3.63, 3.8) is 0 Å². The molecule has 0 spiro atoms. The SMILES string of the molecule is CCCCCCCC[n+]1ccc(C(=O)N(CCCC)CCCCCCN(CCCC)C(=O)c2cc[n+](CCCCCCCC)cc2)cc1. The molecule has 0 fully saturated rings. The third-order valence-electron chi connectivity index (χ3n) is 9.56. The Labute approximate surface area is 295 Å². The predicted octanol–water partition coefficient (Wildman–Crippen LogP) is 9.73. The van der Waals surface area contributed by atoms with Crippen molar-refractivity contribution in [2.24, 2.45) is 0 Å². The van der Waals surface area contributed by atoms with Crippen molar-refractivity contribution in [2.75, 3.05) is 26.2 Å². The Morgan fingerprint density at radius 1 is 0.417 bits per heavy atom. The van der Waals surface area contributed by atoms with Crippen LogP contribution in [0.5, 0.6) is 0 Å². The van der Waals surface area contributed by atoms with Crippen LogP contribution in [-0.2, 0) is 13.1 Å². The minimum atomic E-state index is 0.155. The van der Waals surface area contributed by atoms with E-state index >= 15 is 0 Å². The highest BCUT2D eigenvalue weighted by molar-refractivity contribution is 5.94. The lowest BCUT2D eigenvalue weighted by Gasteiger charge is -2.23. The van der Waals surface area contributed by atoms with Gasteiger partial charge in [0.2, 0.25) is 0 Å². The summed E-state index contributed by atoms with van der Waals surface area (Å²) in [5, 5.41) is 0. The fourth-order valence-corrected chi connectivity index (χ4v) is 6.30. The number of carbonyl (C=O) groups is 2. The van der Waals surface area contributed by atoms with Gasteiger partial charge in [-0.2, -0.15) is 0 Å². The van der Waals surface area contributed by atoms with Gasteiger partial charge in [0.05, 0.1) is 11.1 Å². The summed E-state index contributed by atoms with van der Waals surface area (Å²) >= 11 is 0. The molecule has 0 aliphatic heterocycles. The molecule has 48 heavy (non-hydrogen) atoms. The van der Waals surface area contributed by atoms with Crippen molar-refractivity contribution < 1.29 is 18.7 Å². The van der Waals surface area contributed by atoms with Crippen molar-refractivity contribution in [1.82, 2.24) is 9.80 Å². The van der Waals surface area contributed by atoms with Gasteiger partial charge in [-0.1, -0.05) is 105 Å². The number of hydrogen-bond donors (Lipinski definition) is 0. The molecule has 0 aliphatic carbocycles. The van der Waals surface area contributed by atoms with Gasteiger partial charge in [0.15, 0.2) is 24.8 Å². The topological polar surface area (TPSA) is 48.4 Å². The summed E-state index contributed by atoms with van der Waals surface area (Å²) in [7, 11) is 0. The van der Waals surface area contributed by atoms with Crippen LogP contribution in [-0.4, -0.2) is 47.8 Å². The van der Waals surface area contributed by atoms with Crippen molar-refractivity contribution in [1.29, 1.82) is 0 Å². The van der Waals surface area contributed by atoms with E-state index in [2.05, 4.69) is 71.4 Å². The first kappa shape index (κ1) is 41.4. The highest BCUT2D eigenvalue weighted by atomic mass is 16.2. The molecule has 2 aromatic rings. The zero-order valence-corrected chi connectivity index (χ0v) is 31.6. The lowest BCUT2D eigenvalue weighted by molar-refractivity contribution is -0.697. The Kier molecular flexibility index (Phi) is 23.4. The van der Waals surface area contributed by atoms with Gasteiger partial charge in [0.25, 0.3) is 11.8 Å². The fourth-order valence-electron chi connectivity index (χ4n) is 6.30. The summed E-state index contributed by atoms with van der Waals surface area (Å²) < 4.78 is 4.43. The quantitative estimate of drug-likeness (QED) is 0.0642. The molecule has 6 heteroatoms. The Bertz CT molecular complexity index is 998. The molecule has 0 radical (unpaired) electrons. The zero-order valence-electron chi connectivity index (χ0n) is 31.6. The molecule has 2 amide bonds. The largest absolute Gasteiger partial charge is 0.339 e. The molecule has 0 saturated carbocycles. The number of rotatable bonds is 29. The van der Waals surface area contributed by atoms with Crippen LogP contribution < -0.4 is 9.13 Å². The van der Waals surface area contributed by atoms with Gasteiger partial charge >= 0.3 is 0 Å². The Balaban J connectivity index is 1.78. The van der Waals surface area contributed by atoms with Crippen LogP contribution >= 0.6 is 0 Å². The number of nitrogens with zero attached hydrogens (tertiary/aromatic N) is 4. The van der Waals surface area contributed by atoms with E-state index in [0.29, 0.717) is 0 Å². The number of amides is 2. The molecular weight excluding hydrogens is 592 g/mol. The molecule has 6 nitrogen and oxygen atoms in total. The summed E-state index contributed by atoms with van der Waals surface area (Å²) in [5.41, 5.74) is 1.59. The molecule has 2 heterocycles.